The number of rotatable bonds is 5. The number of alkyl halides is 4. The van der Waals surface area contributed by atoms with Crippen molar-refractivity contribution in [2.45, 2.75) is 45.0 Å². The Kier molecular flexibility index (Phi) is 7.44. The van der Waals surface area contributed by atoms with Crippen molar-refractivity contribution in [2.75, 3.05) is 9.74 Å². The number of ether oxygens (including phenoxy) is 1. The summed E-state index contributed by atoms with van der Waals surface area (Å²) < 4.78 is 43.7. The van der Waals surface area contributed by atoms with Crippen LogP contribution in [0.2, 0.25) is 0 Å². The van der Waals surface area contributed by atoms with E-state index in [1.165, 1.54) is 0 Å². The van der Waals surface area contributed by atoms with E-state index >= 15 is 0 Å². The number of nitrogens with one attached hydrogen (secondary N) is 2. The lowest BCUT2D eigenvalue weighted by Crippen LogP contribution is -2.44. The highest BCUT2D eigenvalue weighted by atomic mass is 127. The maximum atomic E-state index is 12.7. The van der Waals surface area contributed by atoms with Crippen LogP contribution < -0.4 is 10.6 Å². The molecule has 25 heavy (non-hydrogen) atoms. The molecule has 1 aromatic rings. The smallest absolute Gasteiger partial charge is 0.416 e. The first kappa shape index (κ1) is 21.5. The van der Waals surface area contributed by atoms with Gasteiger partial charge in [0.1, 0.15) is 5.82 Å². The molecule has 0 bridgehead atoms. The number of alkyl carbamates (subject to hydrolysis) is 1. The molecule has 0 fully saturated rings. The molecule has 0 aromatic carbocycles. The second kappa shape index (κ2) is 8.68. The van der Waals surface area contributed by atoms with Gasteiger partial charge in [0.25, 0.3) is 5.91 Å². The molecule has 1 aromatic heterocycles. The molecule has 0 aliphatic carbocycles. The fourth-order valence-electron chi connectivity index (χ4n) is 1.69. The van der Waals surface area contributed by atoms with Gasteiger partial charge in [-0.1, -0.05) is 22.6 Å². The van der Waals surface area contributed by atoms with E-state index in [9.17, 15) is 22.8 Å². The molecule has 0 spiro atoms. The van der Waals surface area contributed by atoms with Crippen molar-refractivity contribution in [3.8, 4) is 0 Å². The summed E-state index contributed by atoms with van der Waals surface area (Å²) in [5, 5.41) is 4.80. The molecule has 2 amide bonds. The SMILES string of the molecule is CC(C)(C)NC(=O)OC(CCI)C(=O)Nc1cc(C(F)(F)F)ccn1. The molecular weight excluding hydrogens is 454 g/mol. The summed E-state index contributed by atoms with van der Waals surface area (Å²) in [6, 6.07) is 1.51. The van der Waals surface area contributed by atoms with Gasteiger partial charge in [-0.05, 0) is 32.9 Å². The lowest BCUT2D eigenvalue weighted by atomic mass is 10.1. The number of carbonyl (C=O) groups excluding carboxylic acids is 2. The van der Waals surface area contributed by atoms with E-state index in [1.54, 1.807) is 20.8 Å². The zero-order valence-electron chi connectivity index (χ0n) is 13.9. The summed E-state index contributed by atoms with van der Waals surface area (Å²) in [6.07, 6.45) is -5.32. The molecule has 10 heteroatoms. The molecule has 0 aliphatic heterocycles. The summed E-state index contributed by atoms with van der Waals surface area (Å²) in [4.78, 5) is 27.7. The Morgan fingerprint density at radius 1 is 1.32 bits per heavy atom. The highest BCUT2D eigenvalue weighted by molar-refractivity contribution is 14.1. The number of hydrogen-bond acceptors (Lipinski definition) is 4. The van der Waals surface area contributed by atoms with E-state index in [0.717, 1.165) is 12.3 Å². The van der Waals surface area contributed by atoms with Crippen LogP contribution in [0.3, 0.4) is 0 Å². The average Bonchev–Trinajstić information content (AvgIpc) is 2.44. The van der Waals surface area contributed by atoms with Gasteiger partial charge in [0.2, 0.25) is 0 Å². The summed E-state index contributed by atoms with van der Waals surface area (Å²) in [5.41, 5.74) is -1.49. The molecule has 1 heterocycles. The molecule has 0 radical (unpaired) electrons. The second-order valence-corrected chi connectivity index (χ2v) is 7.24. The van der Waals surface area contributed by atoms with Crippen LogP contribution in [0.1, 0.15) is 32.8 Å². The first-order valence-electron chi connectivity index (χ1n) is 7.31. The quantitative estimate of drug-likeness (QED) is 0.505. The molecule has 0 saturated heterocycles. The van der Waals surface area contributed by atoms with Gasteiger partial charge in [0, 0.05) is 22.6 Å². The van der Waals surface area contributed by atoms with E-state index in [-0.39, 0.29) is 12.2 Å². The van der Waals surface area contributed by atoms with Gasteiger partial charge in [0.15, 0.2) is 6.10 Å². The number of amides is 2. The predicted octanol–water partition coefficient (Wildman–Crippen LogP) is 3.76. The second-order valence-electron chi connectivity index (χ2n) is 6.16. The van der Waals surface area contributed by atoms with Gasteiger partial charge >= 0.3 is 12.3 Å². The topological polar surface area (TPSA) is 80.3 Å². The third-order valence-corrected chi connectivity index (χ3v) is 3.35. The Labute approximate surface area is 157 Å². The molecule has 1 atom stereocenters. The fraction of sp³-hybridized carbons (Fsp3) is 0.533. The van der Waals surface area contributed by atoms with Gasteiger partial charge in [-0.15, -0.1) is 0 Å². The molecular formula is C15H19F3IN3O3. The first-order valence-corrected chi connectivity index (χ1v) is 8.84. The Morgan fingerprint density at radius 2 is 1.96 bits per heavy atom. The largest absolute Gasteiger partial charge is 0.436 e. The van der Waals surface area contributed by atoms with Crippen LogP contribution in [-0.4, -0.2) is 33.1 Å². The summed E-state index contributed by atoms with van der Waals surface area (Å²) >= 11 is 2.00. The van der Waals surface area contributed by atoms with E-state index in [0.29, 0.717) is 10.5 Å². The average molecular weight is 473 g/mol. The van der Waals surface area contributed by atoms with Crippen molar-refractivity contribution in [3.05, 3.63) is 23.9 Å². The van der Waals surface area contributed by atoms with Crippen molar-refractivity contribution in [3.63, 3.8) is 0 Å². The van der Waals surface area contributed by atoms with Crippen LogP contribution in [0.4, 0.5) is 23.8 Å². The predicted molar refractivity (Wildman–Crippen MR) is 94.5 cm³/mol. The maximum Gasteiger partial charge on any atom is 0.416 e. The van der Waals surface area contributed by atoms with Crippen molar-refractivity contribution in [2.24, 2.45) is 0 Å². The molecule has 1 rings (SSSR count). The van der Waals surface area contributed by atoms with Gasteiger partial charge in [0.05, 0.1) is 5.56 Å². The number of nitrogens with zero attached hydrogens (tertiary/aromatic N) is 1. The van der Waals surface area contributed by atoms with Crippen LogP contribution in [0, 0.1) is 0 Å². The van der Waals surface area contributed by atoms with Crippen molar-refractivity contribution in [1.29, 1.82) is 0 Å². The van der Waals surface area contributed by atoms with Crippen molar-refractivity contribution in [1.82, 2.24) is 10.3 Å². The van der Waals surface area contributed by atoms with E-state index in [1.807, 2.05) is 22.6 Å². The number of aromatic nitrogens is 1. The Bertz CT molecular complexity index is 618. The summed E-state index contributed by atoms with van der Waals surface area (Å²) in [5.74, 6) is -1.01. The van der Waals surface area contributed by atoms with Crippen molar-refractivity contribution < 1.29 is 27.5 Å². The fourth-order valence-corrected chi connectivity index (χ4v) is 2.26. The molecule has 2 N–H and O–H groups in total. The monoisotopic (exact) mass is 473 g/mol. The molecule has 0 aliphatic rings. The van der Waals surface area contributed by atoms with E-state index < -0.39 is 35.4 Å². The zero-order chi connectivity index (χ0) is 19.3. The van der Waals surface area contributed by atoms with Gasteiger partial charge in [-0.25, -0.2) is 9.78 Å². The summed E-state index contributed by atoms with van der Waals surface area (Å²) in [6.45, 7) is 5.23. The number of hydrogen-bond donors (Lipinski definition) is 2. The standard InChI is InChI=1S/C15H19F3IN3O3/c1-14(2,3)22-13(24)25-10(4-6-19)12(23)21-11-8-9(5-7-20-11)15(16,17)18/h5,7-8,10H,4,6H2,1-3H3,(H,22,24)(H,20,21,23). The maximum absolute atomic E-state index is 12.7. The van der Waals surface area contributed by atoms with E-state index in [2.05, 4.69) is 15.6 Å². The number of halogens is 4. The summed E-state index contributed by atoms with van der Waals surface area (Å²) in [7, 11) is 0. The Morgan fingerprint density at radius 3 is 2.48 bits per heavy atom. The molecule has 1 unspecified atom stereocenters. The van der Waals surface area contributed by atoms with Gasteiger partial charge < -0.3 is 15.4 Å². The third-order valence-electron chi connectivity index (χ3n) is 2.73. The molecule has 0 saturated carbocycles. The minimum absolute atomic E-state index is 0.211. The number of anilines is 1. The minimum atomic E-state index is -4.55. The highest BCUT2D eigenvalue weighted by Crippen LogP contribution is 2.29. The van der Waals surface area contributed by atoms with Crippen molar-refractivity contribution >= 4 is 40.4 Å². The number of pyridine rings is 1. The van der Waals surface area contributed by atoms with Crippen LogP contribution in [0.5, 0.6) is 0 Å². The van der Waals surface area contributed by atoms with E-state index in [4.69, 9.17) is 4.74 Å². The Balaban J connectivity index is 2.81. The lowest BCUT2D eigenvalue weighted by Gasteiger charge is -2.23. The normalized spacial score (nSPS) is 13.1. The molecule has 140 valence electrons. The van der Waals surface area contributed by atoms with Crippen LogP contribution in [-0.2, 0) is 15.7 Å². The third kappa shape index (κ3) is 7.88. The zero-order valence-corrected chi connectivity index (χ0v) is 16.1. The lowest BCUT2D eigenvalue weighted by molar-refractivity contribution is -0.137. The van der Waals surface area contributed by atoms with Crippen LogP contribution in [0.15, 0.2) is 18.3 Å². The van der Waals surface area contributed by atoms with Crippen LogP contribution >= 0.6 is 22.6 Å². The molecule has 6 nitrogen and oxygen atoms in total. The minimum Gasteiger partial charge on any atom is -0.436 e. The number of carbonyl (C=O) groups is 2. The van der Waals surface area contributed by atoms with Gasteiger partial charge in [-0.2, -0.15) is 13.2 Å². The highest BCUT2D eigenvalue weighted by Gasteiger charge is 2.31. The van der Waals surface area contributed by atoms with Gasteiger partial charge in [-0.3, -0.25) is 4.79 Å². The first-order chi connectivity index (χ1) is 11.4. The Hall–Kier alpha value is -1.59. The van der Waals surface area contributed by atoms with Crippen LogP contribution in [0.25, 0.3) is 0 Å².